The Kier molecular flexibility index (Phi) is 3.95. The molecule has 3 rings (SSSR count). The van der Waals surface area contributed by atoms with E-state index in [0.29, 0.717) is 13.4 Å². The van der Waals surface area contributed by atoms with Crippen molar-refractivity contribution in [2.24, 2.45) is 0 Å². The summed E-state index contributed by atoms with van der Waals surface area (Å²) in [4.78, 5) is 0. The third-order valence-electron chi connectivity index (χ3n) is 3.54. The lowest BCUT2D eigenvalue weighted by molar-refractivity contribution is -0.0390. The SMILES string of the molecule is COCOCc1ccc(-c2ccc3c(c2)CC=C3)cc1. The van der Waals surface area contributed by atoms with E-state index in [9.17, 15) is 0 Å². The molecular weight excluding hydrogens is 248 g/mol. The molecule has 0 fully saturated rings. The van der Waals surface area contributed by atoms with Gasteiger partial charge in [-0.3, -0.25) is 0 Å². The Morgan fingerprint density at radius 2 is 1.80 bits per heavy atom. The number of hydrogen-bond donors (Lipinski definition) is 0. The van der Waals surface area contributed by atoms with Crippen LogP contribution in [0.2, 0.25) is 0 Å². The van der Waals surface area contributed by atoms with Gasteiger partial charge in [0.1, 0.15) is 6.79 Å². The van der Waals surface area contributed by atoms with E-state index in [0.717, 1.165) is 12.0 Å². The molecule has 20 heavy (non-hydrogen) atoms. The van der Waals surface area contributed by atoms with Gasteiger partial charge in [0.15, 0.2) is 0 Å². The monoisotopic (exact) mass is 266 g/mol. The zero-order valence-electron chi connectivity index (χ0n) is 11.6. The predicted octanol–water partition coefficient (Wildman–Crippen LogP) is 4.04. The Bertz CT molecular complexity index is 612. The van der Waals surface area contributed by atoms with Crippen LogP contribution in [0.4, 0.5) is 0 Å². The zero-order valence-corrected chi connectivity index (χ0v) is 11.6. The van der Waals surface area contributed by atoms with Crippen molar-refractivity contribution in [3.8, 4) is 11.1 Å². The molecule has 0 saturated carbocycles. The lowest BCUT2D eigenvalue weighted by atomic mass is 9.99. The van der Waals surface area contributed by atoms with Gasteiger partial charge in [-0.2, -0.15) is 0 Å². The first-order valence-corrected chi connectivity index (χ1v) is 6.82. The molecule has 0 N–H and O–H groups in total. The highest BCUT2D eigenvalue weighted by atomic mass is 16.7. The molecule has 0 radical (unpaired) electrons. The first kappa shape index (κ1) is 13.1. The summed E-state index contributed by atoms with van der Waals surface area (Å²) in [6, 6.07) is 15.2. The van der Waals surface area contributed by atoms with E-state index in [1.165, 1.54) is 22.3 Å². The number of fused-ring (bicyclic) bond motifs is 1. The Morgan fingerprint density at radius 3 is 2.60 bits per heavy atom. The molecule has 0 saturated heterocycles. The number of allylic oxidation sites excluding steroid dienone is 1. The highest BCUT2D eigenvalue weighted by Crippen LogP contribution is 2.27. The van der Waals surface area contributed by atoms with Gasteiger partial charge in [-0.1, -0.05) is 54.6 Å². The number of methoxy groups -OCH3 is 1. The summed E-state index contributed by atoms with van der Waals surface area (Å²) < 4.78 is 10.2. The van der Waals surface area contributed by atoms with E-state index in [1.54, 1.807) is 7.11 Å². The number of hydrogen-bond acceptors (Lipinski definition) is 2. The van der Waals surface area contributed by atoms with Gasteiger partial charge < -0.3 is 9.47 Å². The van der Waals surface area contributed by atoms with Gasteiger partial charge in [0, 0.05) is 7.11 Å². The topological polar surface area (TPSA) is 18.5 Å². The summed E-state index contributed by atoms with van der Waals surface area (Å²) in [5.74, 6) is 0. The maximum atomic E-state index is 5.34. The fourth-order valence-electron chi connectivity index (χ4n) is 2.47. The van der Waals surface area contributed by atoms with E-state index in [1.807, 2.05) is 0 Å². The summed E-state index contributed by atoms with van der Waals surface area (Å²) in [7, 11) is 1.63. The Labute approximate surface area is 119 Å². The van der Waals surface area contributed by atoms with E-state index in [-0.39, 0.29) is 0 Å². The molecule has 1 aliphatic rings. The van der Waals surface area contributed by atoms with E-state index >= 15 is 0 Å². The first-order valence-electron chi connectivity index (χ1n) is 6.82. The van der Waals surface area contributed by atoms with Crippen LogP contribution in [0.5, 0.6) is 0 Å². The van der Waals surface area contributed by atoms with Crippen LogP contribution in [0.25, 0.3) is 17.2 Å². The van der Waals surface area contributed by atoms with E-state index < -0.39 is 0 Å². The van der Waals surface area contributed by atoms with Crippen LogP contribution >= 0.6 is 0 Å². The summed E-state index contributed by atoms with van der Waals surface area (Å²) in [6.45, 7) is 0.918. The van der Waals surface area contributed by atoms with Gasteiger partial charge in [-0.15, -0.1) is 0 Å². The molecule has 0 heterocycles. The average molecular weight is 266 g/mol. The molecule has 2 aromatic rings. The number of ether oxygens (including phenoxy) is 2. The van der Waals surface area contributed by atoms with E-state index in [2.05, 4.69) is 54.6 Å². The fraction of sp³-hybridized carbons (Fsp3) is 0.222. The van der Waals surface area contributed by atoms with E-state index in [4.69, 9.17) is 9.47 Å². The molecule has 0 amide bonds. The van der Waals surface area contributed by atoms with Crippen molar-refractivity contribution in [1.82, 2.24) is 0 Å². The van der Waals surface area contributed by atoms with Crippen LogP contribution in [0.15, 0.2) is 48.5 Å². The van der Waals surface area contributed by atoms with Crippen molar-refractivity contribution in [3.05, 3.63) is 65.2 Å². The molecule has 0 atom stereocenters. The van der Waals surface area contributed by atoms with Gasteiger partial charge in [-0.05, 0) is 34.2 Å². The smallest absolute Gasteiger partial charge is 0.146 e. The number of rotatable bonds is 5. The molecule has 2 nitrogen and oxygen atoms in total. The van der Waals surface area contributed by atoms with Crippen LogP contribution in [0.3, 0.4) is 0 Å². The second kappa shape index (κ2) is 6.04. The molecule has 0 bridgehead atoms. The van der Waals surface area contributed by atoms with Gasteiger partial charge in [0.2, 0.25) is 0 Å². The van der Waals surface area contributed by atoms with Gasteiger partial charge in [0.05, 0.1) is 6.61 Å². The standard InChI is InChI=1S/C18H18O2/c1-19-13-20-12-14-5-7-16(8-6-14)18-10-9-15-3-2-4-17(15)11-18/h2-3,5-11H,4,12-13H2,1H3. The molecule has 2 aromatic carbocycles. The highest BCUT2D eigenvalue weighted by molar-refractivity contribution is 5.70. The summed E-state index contributed by atoms with van der Waals surface area (Å²) >= 11 is 0. The largest absolute Gasteiger partial charge is 0.359 e. The van der Waals surface area contributed by atoms with Crippen LogP contribution < -0.4 is 0 Å². The van der Waals surface area contributed by atoms with Gasteiger partial charge >= 0.3 is 0 Å². The van der Waals surface area contributed by atoms with Crippen molar-refractivity contribution in [2.45, 2.75) is 13.0 Å². The van der Waals surface area contributed by atoms with Crippen molar-refractivity contribution in [3.63, 3.8) is 0 Å². The quantitative estimate of drug-likeness (QED) is 0.600. The second-order valence-electron chi connectivity index (χ2n) is 4.97. The Hall–Kier alpha value is -1.90. The van der Waals surface area contributed by atoms with Crippen molar-refractivity contribution >= 4 is 6.08 Å². The van der Waals surface area contributed by atoms with Crippen molar-refractivity contribution in [1.29, 1.82) is 0 Å². The molecule has 2 heteroatoms. The third kappa shape index (κ3) is 2.82. The molecule has 0 unspecified atom stereocenters. The minimum absolute atomic E-state index is 0.333. The zero-order chi connectivity index (χ0) is 13.8. The van der Waals surface area contributed by atoms with Crippen LogP contribution in [-0.2, 0) is 22.5 Å². The lowest BCUT2D eigenvalue weighted by Crippen LogP contribution is -1.96. The molecule has 0 aromatic heterocycles. The molecule has 102 valence electrons. The fourth-order valence-corrected chi connectivity index (χ4v) is 2.47. The second-order valence-corrected chi connectivity index (χ2v) is 4.97. The van der Waals surface area contributed by atoms with Crippen LogP contribution in [0, 0.1) is 0 Å². The van der Waals surface area contributed by atoms with Gasteiger partial charge in [0.25, 0.3) is 0 Å². The molecular formula is C18H18O2. The first-order chi connectivity index (χ1) is 9.86. The summed E-state index contributed by atoms with van der Waals surface area (Å²) in [6.07, 6.45) is 5.45. The number of benzene rings is 2. The Morgan fingerprint density at radius 1 is 1.00 bits per heavy atom. The summed E-state index contributed by atoms with van der Waals surface area (Å²) in [5.41, 5.74) is 6.44. The van der Waals surface area contributed by atoms with Crippen LogP contribution in [0.1, 0.15) is 16.7 Å². The van der Waals surface area contributed by atoms with Crippen molar-refractivity contribution < 1.29 is 9.47 Å². The highest BCUT2D eigenvalue weighted by Gasteiger charge is 2.06. The lowest BCUT2D eigenvalue weighted by Gasteiger charge is -2.07. The molecule has 0 spiro atoms. The predicted molar refractivity (Wildman–Crippen MR) is 81.3 cm³/mol. The molecule has 0 aliphatic heterocycles. The van der Waals surface area contributed by atoms with Crippen LogP contribution in [-0.4, -0.2) is 13.9 Å². The van der Waals surface area contributed by atoms with Crippen molar-refractivity contribution in [2.75, 3.05) is 13.9 Å². The maximum absolute atomic E-state index is 5.34. The minimum Gasteiger partial charge on any atom is -0.359 e. The Balaban J connectivity index is 1.74. The normalized spacial score (nSPS) is 12.7. The average Bonchev–Trinajstić information content (AvgIpc) is 2.96. The maximum Gasteiger partial charge on any atom is 0.146 e. The summed E-state index contributed by atoms with van der Waals surface area (Å²) in [5, 5.41) is 0. The third-order valence-corrected chi connectivity index (χ3v) is 3.54. The van der Waals surface area contributed by atoms with Gasteiger partial charge in [-0.25, -0.2) is 0 Å². The minimum atomic E-state index is 0.333. The molecule has 1 aliphatic carbocycles.